The molecule has 0 aliphatic carbocycles. The van der Waals surface area contributed by atoms with Gasteiger partial charge in [0, 0.05) is 30.0 Å². The minimum atomic E-state index is -0.767. The highest BCUT2D eigenvalue weighted by Gasteiger charge is 2.25. The molecule has 0 bridgehead atoms. The van der Waals surface area contributed by atoms with E-state index in [-0.39, 0.29) is 30.2 Å². The number of ether oxygens (including phenoxy) is 1. The van der Waals surface area contributed by atoms with Crippen LogP contribution in [0.2, 0.25) is 0 Å². The summed E-state index contributed by atoms with van der Waals surface area (Å²) in [6.07, 6.45) is 4.77. The van der Waals surface area contributed by atoms with Gasteiger partial charge in [0.1, 0.15) is 5.82 Å². The predicted octanol–water partition coefficient (Wildman–Crippen LogP) is 1.68. The topological polar surface area (TPSA) is 140 Å². The Hall–Kier alpha value is -2.95. The number of esters is 1. The van der Waals surface area contributed by atoms with E-state index in [0.29, 0.717) is 17.3 Å². The number of pyridine rings is 1. The van der Waals surface area contributed by atoms with Gasteiger partial charge in [-0.05, 0) is 34.8 Å². The van der Waals surface area contributed by atoms with Crippen LogP contribution in [0.5, 0.6) is 0 Å². The van der Waals surface area contributed by atoms with Gasteiger partial charge in [-0.25, -0.2) is 9.59 Å². The Labute approximate surface area is 181 Å². The monoisotopic (exact) mass is 481 g/mol. The maximum atomic E-state index is 12.8. The van der Waals surface area contributed by atoms with Crippen molar-refractivity contribution in [2.45, 2.75) is 39.7 Å². The minimum Gasteiger partial charge on any atom is -0.452 e. The number of rotatable bonds is 9. The number of carbonyl (C=O) groups excluding carboxylic acids is 2. The molecule has 0 saturated carbocycles. The number of H-pyrrole nitrogens is 1. The quantitative estimate of drug-likeness (QED) is 0.518. The minimum absolute atomic E-state index is 0.0995. The van der Waals surface area contributed by atoms with Crippen LogP contribution in [0.4, 0.5) is 11.5 Å². The third-order valence-corrected chi connectivity index (χ3v) is 4.67. The first kappa shape index (κ1) is 23.3. The lowest BCUT2D eigenvalue weighted by molar-refractivity contribution is -0.121. The van der Waals surface area contributed by atoms with E-state index < -0.39 is 29.7 Å². The average molecular weight is 482 g/mol. The molecule has 0 radical (unpaired) electrons. The smallest absolute Gasteiger partial charge is 0.340 e. The predicted molar refractivity (Wildman–Crippen MR) is 116 cm³/mol. The van der Waals surface area contributed by atoms with Crippen molar-refractivity contribution in [3.8, 4) is 0 Å². The largest absolute Gasteiger partial charge is 0.452 e. The molecule has 0 fully saturated rings. The van der Waals surface area contributed by atoms with E-state index in [1.54, 1.807) is 0 Å². The van der Waals surface area contributed by atoms with Crippen molar-refractivity contribution in [3.05, 3.63) is 49.3 Å². The van der Waals surface area contributed by atoms with E-state index in [2.05, 4.69) is 25.9 Å². The Morgan fingerprint density at radius 3 is 2.63 bits per heavy atom. The molecule has 2 aromatic rings. The molecule has 0 aliphatic heterocycles. The van der Waals surface area contributed by atoms with E-state index in [9.17, 15) is 19.2 Å². The van der Waals surface area contributed by atoms with Crippen LogP contribution < -0.4 is 21.9 Å². The van der Waals surface area contributed by atoms with Gasteiger partial charge in [-0.3, -0.25) is 24.1 Å². The number of aromatic nitrogens is 3. The summed E-state index contributed by atoms with van der Waals surface area (Å²) in [7, 11) is 0. The van der Waals surface area contributed by atoms with Gasteiger partial charge in [-0.1, -0.05) is 20.3 Å². The van der Waals surface area contributed by atoms with Crippen LogP contribution in [0.15, 0.2) is 32.5 Å². The fourth-order valence-electron chi connectivity index (χ4n) is 2.77. The Bertz CT molecular complexity index is 1030. The molecule has 10 nitrogen and oxygen atoms in total. The fourth-order valence-corrected chi connectivity index (χ4v) is 3.14. The second kappa shape index (κ2) is 10.7. The molecule has 0 aromatic carbocycles. The molecular formula is C19H24BrN5O5. The molecule has 0 aliphatic rings. The molecule has 1 amide bonds. The Balaban J connectivity index is 2.30. The van der Waals surface area contributed by atoms with Gasteiger partial charge in [0.25, 0.3) is 11.5 Å². The first-order chi connectivity index (χ1) is 14.3. The van der Waals surface area contributed by atoms with Crippen LogP contribution in [0.25, 0.3) is 0 Å². The third-order valence-electron chi connectivity index (χ3n) is 4.23. The highest BCUT2D eigenvalue weighted by atomic mass is 79.9. The number of hydrogen-bond acceptors (Lipinski definition) is 7. The molecule has 0 unspecified atom stereocenters. The van der Waals surface area contributed by atoms with E-state index in [0.717, 1.165) is 11.3 Å². The zero-order valence-corrected chi connectivity index (χ0v) is 18.4. The lowest BCUT2D eigenvalue weighted by Gasteiger charge is -2.24. The summed E-state index contributed by atoms with van der Waals surface area (Å²) in [5.74, 6) is -1.46. The number of amides is 1. The second-order valence-corrected chi connectivity index (χ2v) is 7.43. The average Bonchev–Trinajstić information content (AvgIpc) is 2.71. The summed E-state index contributed by atoms with van der Waals surface area (Å²) >= 11 is 3.21. The first-order valence-corrected chi connectivity index (χ1v) is 10.3. The highest BCUT2D eigenvalue weighted by Crippen LogP contribution is 2.18. The molecule has 162 valence electrons. The molecule has 30 heavy (non-hydrogen) atoms. The third kappa shape index (κ3) is 5.56. The second-order valence-electron chi connectivity index (χ2n) is 6.51. The van der Waals surface area contributed by atoms with Gasteiger partial charge in [-0.15, -0.1) is 0 Å². The van der Waals surface area contributed by atoms with E-state index in [4.69, 9.17) is 10.5 Å². The lowest BCUT2D eigenvalue weighted by Crippen LogP contribution is -2.43. The van der Waals surface area contributed by atoms with Gasteiger partial charge < -0.3 is 15.4 Å². The zero-order chi connectivity index (χ0) is 22.3. The molecule has 3 N–H and O–H groups in total. The molecule has 0 saturated heterocycles. The summed E-state index contributed by atoms with van der Waals surface area (Å²) in [5.41, 5.74) is 4.72. The van der Waals surface area contributed by atoms with Crippen molar-refractivity contribution < 1.29 is 14.3 Å². The number of halogens is 1. The normalized spacial score (nSPS) is 10.6. The van der Waals surface area contributed by atoms with Crippen molar-refractivity contribution >= 4 is 39.3 Å². The number of nitrogen functional groups attached to an aromatic ring is 1. The lowest BCUT2D eigenvalue weighted by atomic mass is 10.2. The number of nitrogens with one attached hydrogen (secondary N) is 1. The molecule has 2 heterocycles. The van der Waals surface area contributed by atoms with Crippen molar-refractivity contribution in [3.63, 3.8) is 0 Å². The van der Waals surface area contributed by atoms with Crippen LogP contribution in [0.1, 0.15) is 43.5 Å². The number of nitrogens with zero attached hydrogens (tertiary/aromatic N) is 3. The number of unbranched alkanes of at least 4 members (excludes halogenated alkanes) is 1. The molecule has 2 aromatic heterocycles. The maximum Gasteiger partial charge on any atom is 0.340 e. The van der Waals surface area contributed by atoms with E-state index in [1.807, 2.05) is 13.8 Å². The highest BCUT2D eigenvalue weighted by molar-refractivity contribution is 9.10. The SMILES string of the molecule is CCCCN(C(=O)COC(=O)c1cncc(Br)c1)c1c(N)n(CCC)c(=O)[nH]c1=O. The number of hydrogen-bond donors (Lipinski definition) is 2. The van der Waals surface area contributed by atoms with Gasteiger partial charge in [0.2, 0.25) is 0 Å². The summed E-state index contributed by atoms with van der Waals surface area (Å²) in [4.78, 5) is 56.8. The number of carbonyl (C=O) groups is 2. The van der Waals surface area contributed by atoms with Crippen LogP contribution in [0.3, 0.4) is 0 Å². The molecule has 2 rings (SSSR count). The van der Waals surface area contributed by atoms with Crippen LogP contribution >= 0.6 is 15.9 Å². The van der Waals surface area contributed by atoms with E-state index >= 15 is 0 Å². The summed E-state index contributed by atoms with van der Waals surface area (Å²) in [6, 6.07) is 1.51. The Morgan fingerprint density at radius 2 is 2.00 bits per heavy atom. The van der Waals surface area contributed by atoms with Crippen molar-refractivity contribution in [2.75, 3.05) is 23.8 Å². The molecule has 0 atom stereocenters. The molecular weight excluding hydrogens is 458 g/mol. The van der Waals surface area contributed by atoms with Crippen LogP contribution in [-0.2, 0) is 16.1 Å². The van der Waals surface area contributed by atoms with Crippen molar-refractivity contribution in [2.24, 2.45) is 0 Å². The standard InChI is InChI=1S/C19H24BrN5O5/c1-3-5-7-24(15-16(21)25(6-4-2)19(29)23-17(15)27)14(26)11-30-18(28)12-8-13(20)10-22-9-12/h8-10H,3-7,11,21H2,1-2H3,(H,23,27,29). The van der Waals surface area contributed by atoms with Crippen molar-refractivity contribution in [1.82, 2.24) is 14.5 Å². The number of aromatic amines is 1. The van der Waals surface area contributed by atoms with Gasteiger partial charge in [-0.2, -0.15) is 0 Å². The zero-order valence-electron chi connectivity index (χ0n) is 16.8. The van der Waals surface area contributed by atoms with Crippen LogP contribution in [0, 0.1) is 0 Å². The number of nitrogens with two attached hydrogens (primary N) is 1. The Morgan fingerprint density at radius 1 is 1.27 bits per heavy atom. The first-order valence-electron chi connectivity index (χ1n) is 9.50. The van der Waals surface area contributed by atoms with Crippen LogP contribution in [-0.4, -0.2) is 39.6 Å². The van der Waals surface area contributed by atoms with Gasteiger partial charge >= 0.3 is 11.7 Å². The summed E-state index contributed by atoms with van der Waals surface area (Å²) in [5, 5.41) is 0. The van der Waals surface area contributed by atoms with E-state index in [1.165, 1.54) is 23.0 Å². The fraction of sp³-hybridized carbons (Fsp3) is 0.421. The van der Waals surface area contributed by atoms with Gasteiger partial charge in [0.05, 0.1) is 5.56 Å². The van der Waals surface area contributed by atoms with Gasteiger partial charge in [0.15, 0.2) is 12.3 Å². The Kier molecular flexibility index (Phi) is 8.34. The summed E-state index contributed by atoms with van der Waals surface area (Å²) < 4.78 is 6.89. The van der Waals surface area contributed by atoms with Crippen molar-refractivity contribution in [1.29, 1.82) is 0 Å². The maximum absolute atomic E-state index is 12.8. The number of anilines is 2. The molecule has 11 heteroatoms. The summed E-state index contributed by atoms with van der Waals surface area (Å²) in [6.45, 7) is 3.65. The molecule has 0 spiro atoms.